The molecule has 0 aliphatic heterocycles. The Hall–Kier alpha value is -2.80. The van der Waals surface area contributed by atoms with Gasteiger partial charge in [0.15, 0.2) is 0 Å². The lowest BCUT2D eigenvalue weighted by Gasteiger charge is -2.11. The molecule has 1 nitrogen and oxygen atoms in total. The first-order chi connectivity index (χ1) is 12.5. The standard InChI is InChI=1S/C25H23N/c1-14-16(3)24-22(20-12-8-6-10-18(14)20)23-21-13-9-7-11-19(21)15(2)17(4)25(23)26(24)5/h6-13H,1-5H3. The molecule has 1 heterocycles. The summed E-state index contributed by atoms with van der Waals surface area (Å²) in [6.07, 6.45) is 0. The zero-order chi connectivity index (χ0) is 18.2. The first kappa shape index (κ1) is 15.5. The lowest BCUT2D eigenvalue weighted by atomic mass is 9.92. The van der Waals surface area contributed by atoms with Gasteiger partial charge in [-0.1, -0.05) is 48.5 Å². The fourth-order valence-corrected chi connectivity index (χ4v) is 4.90. The van der Waals surface area contributed by atoms with Gasteiger partial charge in [0.1, 0.15) is 0 Å². The third-order valence-corrected chi connectivity index (χ3v) is 6.43. The number of hydrogen-bond acceptors (Lipinski definition) is 0. The summed E-state index contributed by atoms with van der Waals surface area (Å²) in [5.41, 5.74) is 8.29. The zero-order valence-electron chi connectivity index (χ0n) is 16.1. The molecule has 0 amide bonds. The molecule has 128 valence electrons. The number of fused-ring (bicyclic) bond motifs is 7. The molecule has 0 atom stereocenters. The number of aryl methyl sites for hydroxylation is 5. The van der Waals surface area contributed by atoms with Crippen molar-refractivity contribution in [2.45, 2.75) is 27.7 Å². The Bertz CT molecular complexity index is 1260. The maximum Gasteiger partial charge on any atom is 0.0527 e. The number of aromatic nitrogens is 1. The van der Waals surface area contributed by atoms with Crippen LogP contribution in [-0.2, 0) is 7.05 Å². The number of rotatable bonds is 0. The van der Waals surface area contributed by atoms with Crippen LogP contribution in [0.1, 0.15) is 22.3 Å². The van der Waals surface area contributed by atoms with Crippen molar-refractivity contribution >= 4 is 43.4 Å². The van der Waals surface area contributed by atoms with Crippen molar-refractivity contribution in [3.8, 4) is 0 Å². The van der Waals surface area contributed by atoms with Crippen molar-refractivity contribution in [1.82, 2.24) is 4.57 Å². The molecule has 0 spiro atoms. The molecule has 0 unspecified atom stereocenters. The highest BCUT2D eigenvalue weighted by atomic mass is 14.9. The van der Waals surface area contributed by atoms with Crippen LogP contribution in [-0.4, -0.2) is 4.57 Å². The van der Waals surface area contributed by atoms with Crippen LogP contribution in [0.2, 0.25) is 0 Å². The molecule has 0 bridgehead atoms. The highest BCUT2D eigenvalue weighted by Crippen LogP contribution is 2.43. The molecule has 5 rings (SSSR count). The molecular weight excluding hydrogens is 314 g/mol. The molecule has 0 radical (unpaired) electrons. The Balaban J connectivity index is 2.28. The van der Waals surface area contributed by atoms with Gasteiger partial charge in [0, 0.05) is 17.8 Å². The largest absolute Gasteiger partial charge is 0.343 e. The molecule has 26 heavy (non-hydrogen) atoms. The van der Waals surface area contributed by atoms with Crippen LogP contribution in [0.3, 0.4) is 0 Å². The number of benzene rings is 4. The third-order valence-electron chi connectivity index (χ3n) is 6.43. The summed E-state index contributed by atoms with van der Waals surface area (Å²) in [6, 6.07) is 17.7. The molecule has 0 aliphatic rings. The Morgan fingerprint density at radius 2 is 0.846 bits per heavy atom. The van der Waals surface area contributed by atoms with Crippen LogP contribution in [0.15, 0.2) is 48.5 Å². The Morgan fingerprint density at radius 3 is 1.23 bits per heavy atom. The van der Waals surface area contributed by atoms with Gasteiger partial charge in [0.05, 0.1) is 11.0 Å². The van der Waals surface area contributed by atoms with Crippen molar-refractivity contribution in [3.63, 3.8) is 0 Å². The molecule has 0 fully saturated rings. The molecule has 1 heteroatoms. The molecule has 0 saturated heterocycles. The fraction of sp³-hybridized carbons (Fsp3) is 0.200. The van der Waals surface area contributed by atoms with Crippen LogP contribution in [0.5, 0.6) is 0 Å². The summed E-state index contributed by atoms with van der Waals surface area (Å²) in [7, 11) is 2.23. The second-order valence-corrected chi connectivity index (χ2v) is 7.60. The van der Waals surface area contributed by atoms with E-state index in [1.807, 2.05) is 0 Å². The molecule has 5 aromatic rings. The molecule has 0 N–H and O–H groups in total. The van der Waals surface area contributed by atoms with Crippen LogP contribution in [0.25, 0.3) is 43.4 Å². The van der Waals surface area contributed by atoms with Crippen molar-refractivity contribution < 1.29 is 0 Å². The quantitative estimate of drug-likeness (QED) is 0.290. The minimum atomic E-state index is 1.37. The second kappa shape index (κ2) is 5.11. The van der Waals surface area contributed by atoms with Gasteiger partial charge in [-0.25, -0.2) is 0 Å². The van der Waals surface area contributed by atoms with Crippen LogP contribution in [0, 0.1) is 27.7 Å². The van der Waals surface area contributed by atoms with Crippen molar-refractivity contribution in [1.29, 1.82) is 0 Å². The molecular formula is C25H23N. The van der Waals surface area contributed by atoms with Gasteiger partial charge in [0.25, 0.3) is 0 Å². The third kappa shape index (κ3) is 1.71. The van der Waals surface area contributed by atoms with E-state index in [0.29, 0.717) is 0 Å². The predicted octanol–water partition coefficient (Wildman–Crippen LogP) is 6.87. The van der Waals surface area contributed by atoms with Gasteiger partial charge < -0.3 is 4.57 Å². The van der Waals surface area contributed by atoms with Gasteiger partial charge in [0.2, 0.25) is 0 Å². The number of nitrogens with zero attached hydrogens (tertiary/aromatic N) is 1. The monoisotopic (exact) mass is 337 g/mol. The van der Waals surface area contributed by atoms with Crippen LogP contribution < -0.4 is 0 Å². The van der Waals surface area contributed by atoms with Gasteiger partial charge in [-0.15, -0.1) is 0 Å². The topological polar surface area (TPSA) is 4.93 Å². The van der Waals surface area contributed by atoms with Crippen molar-refractivity contribution in [3.05, 3.63) is 70.8 Å². The smallest absolute Gasteiger partial charge is 0.0527 e. The molecule has 0 aliphatic carbocycles. The summed E-state index contributed by atoms with van der Waals surface area (Å²) in [5, 5.41) is 8.27. The van der Waals surface area contributed by atoms with Gasteiger partial charge in [-0.05, 0) is 71.5 Å². The van der Waals surface area contributed by atoms with E-state index in [4.69, 9.17) is 0 Å². The summed E-state index contributed by atoms with van der Waals surface area (Å²) in [5.74, 6) is 0. The van der Waals surface area contributed by atoms with Gasteiger partial charge in [-0.3, -0.25) is 0 Å². The Labute approximate surface area is 153 Å². The minimum absolute atomic E-state index is 1.37. The summed E-state index contributed by atoms with van der Waals surface area (Å²) in [4.78, 5) is 0. The van der Waals surface area contributed by atoms with E-state index < -0.39 is 0 Å². The van der Waals surface area contributed by atoms with Gasteiger partial charge >= 0.3 is 0 Å². The SMILES string of the molecule is Cc1c(C)c2c(c3ccccc13)c1c3ccccc3c(C)c(C)c1n2C. The Morgan fingerprint density at radius 1 is 0.500 bits per heavy atom. The average Bonchev–Trinajstić information content (AvgIpc) is 2.98. The fourth-order valence-electron chi connectivity index (χ4n) is 4.90. The molecule has 1 aromatic heterocycles. The highest BCUT2D eigenvalue weighted by Gasteiger charge is 2.20. The van der Waals surface area contributed by atoms with Crippen LogP contribution in [0.4, 0.5) is 0 Å². The summed E-state index contributed by atoms with van der Waals surface area (Å²) in [6.45, 7) is 9.05. The van der Waals surface area contributed by atoms with E-state index in [1.54, 1.807) is 0 Å². The lowest BCUT2D eigenvalue weighted by Crippen LogP contribution is -1.95. The zero-order valence-corrected chi connectivity index (χ0v) is 16.1. The van der Waals surface area contributed by atoms with E-state index in [-0.39, 0.29) is 0 Å². The van der Waals surface area contributed by atoms with E-state index in [1.165, 1.54) is 65.6 Å². The van der Waals surface area contributed by atoms with E-state index in [0.717, 1.165) is 0 Å². The lowest BCUT2D eigenvalue weighted by molar-refractivity contribution is 1.00. The average molecular weight is 337 g/mol. The van der Waals surface area contributed by atoms with Gasteiger partial charge in [-0.2, -0.15) is 0 Å². The maximum absolute atomic E-state index is 2.42. The number of hydrogen-bond donors (Lipinski definition) is 0. The van der Waals surface area contributed by atoms with Crippen LogP contribution >= 0.6 is 0 Å². The maximum atomic E-state index is 2.42. The van der Waals surface area contributed by atoms with E-state index in [2.05, 4.69) is 87.8 Å². The normalized spacial score (nSPS) is 12.0. The predicted molar refractivity (Wildman–Crippen MR) is 114 cm³/mol. The Kier molecular flexibility index (Phi) is 3.04. The van der Waals surface area contributed by atoms with E-state index in [9.17, 15) is 0 Å². The second-order valence-electron chi connectivity index (χ2n) is 7.60. The first-order valence-corrected chi connectivity index (χ1v) is 9.30. The molecule has 0 saturated carbocycles. The first-order valence-electron chi connectivity index (χ1n) is 9.30. The van der Waals surface area contributed by atoms with E-state index >= 15 is 0 Å². The minimum Gasteiger partial charge on any atom is -0.343 e. The van der Waals surface area contributed by atoms with Crippen molar-refractivity contribution in [2.24, 2.45) is 7.05 Å². The summed E-state index contributed by atoms with van der Waals surface area (Å²) < 4.78 is 2.42. The highest BCUT2D eigenvalue weighted by molar-refractivity contribution is 6.30. The van der Waals surface area contributed by atoms with Crippen molar-refractivity contribution in [2.75, 3.05) is 0 Å². The molecule has 4 aromatic carbocycles. The summed E-state index contributed by atoms with van der Waals surface area (Å²) >= 11 is 0.